The number of benzene rings is 2. The van der Waals surface area contributed by atoms with Crippen LogP contribution in [-0.2, 0) is 39.9 Å². The molecular weight excluding hydrogens is 976 g/mol. The summed E-state index contributed by atoms with van der Waals surface area (Å²) in [5.41, 5.74) is 9.31. The van der Waals surface area contributed by atoms with Gasteiger partial charge in [-0.1, -0.05) is 82.6 Å². The summed E-state index contributed by atoms with van der Waals surface area (Å²) in [7, 11) is 0. The zero-order chi connectivity index (χ0) is 53.9. The molecule has 7 N–H and O–H groups in total. The van der Waals surface area contributed by atoms with Crippen LogP contribution in [-0.4, -0.2) is 123 Å². The van der Waals surface area contributed by atoms with E-state index in [1.165, 1.54) is 9.80 Å². The third-order valence-corrected chi connectivity index (χ3v) is 14.3. The largest absolute Gasteiger partial charge is 0.490 e. The lowest BCUT2D eigenvalue weighted by atomic mass is 9.85. The number of thiazole rings is 1. The monoisotopic (exact) mass is 1050 g/mol. The normalized spacial score (nSPS) is 18.6. The van der Waals surface area contributed by atoms with Gasteiger partial charge in [-0.05, 0) is 101 Å². The Bertz CT molecular complexity index is 2440. The van der Waals surface area contributed by atoms with Crippen LogP contribution in [0.5, 0.6) is 5.75 Å². The van der Waals surface area contributed by atoms with Crippen LogP contribution in [0.25, 0.3) is 10.4 Å². The van der Waals surface area contributed by atoms with Crippen LogP contribution in [0, 0.1) is 18.3 Å². The van der Waals surface area contributed by atoms with Crippen molar-refractivity contribution in [1.29, 1.82) is 0 Å². The highest BCUT2D eigenvalue weighted by Gasteiger charge is 2.45. The third kappa shape index (κ3) is 16.4. The molecule has 0 bridgehead atoms. The standard InChI is InChI=1S/C53H75ClN8O10S/c1-30(2)44(60-51(70)72-53(8,9)10)49(68)61-25-13-16-38(61)47(66)58-36(23-24-41(55)64)28-71-40-17-11-14-34(43(40)54)15-12-18-42(65)59-46(52(5,6)7)50(69)62-27-37(63)26-39(62)48(67)57-31(3)33-19-21-35(22-20-33)45-32(4)56-29-73-45/h11,14,17,19-22,29-31,36-39,44,46,63H,12-13,15-16,18,23-28H2,1-10H3,(H2,55,64)(H,57,67)(H,58,66)(H,59,65)(H,60,70)/t31-,36-,37+,38-,39-,44-,46+/m0/s1. The van der Waals surface area contributed by atoms with E-state index in [2.05, 4.69) is 26.3 Å². The number of carbonyl (C=O) groups excluding carboxylic acids is 7. The van der Waals surface area contributed by atoms with E-state index in [0.29, 0.717) is 48.6 Å². The van der Waals surface area contributed by atoms with Gasteiger partial charge in [0.1, 0.15) is 42.1 Å². The van der Waals surface area contributed by atoms with Gasteiger partial charge in [-0.15, -0.1) is 11.3 Å². The van der Waals surface area contributed by atoms with Crippen LogP contribution >= 0.6 is 22.9 Å². The number of ether oxygens (including phenoxy) is 2. The summed E-state index contributed by atoms with van der Waals surface area (Å²) in [5.74, 6) is -2.64. The number of hydrogen-bond acceptors (Lipinski definition) is 12. The van der Waals surface area contributed by atoms with Crippen molar-refractivity contribution < 1.29 is 48.1 Å². The molecule has 20 heteroatoms. The number of nitrogens with zero attached hydrogens (tertiary/aromatic N) is 3. The minimum atomic E-state index is -1.00. The Labute approximate surface area is 438 Å². The van der Waals surface area contributed by atoms with Crippen molar-refractivity contribution in [2.45, 2.75) is 169 Å². The molecule has 2 aliphatic heterocycles. The number of likely N-dealkylation sites (tertiary alicyclic amines) is 2. The molecule has 1 aromatic heterocycles. The molecule has 0 radical (unpaired) electrons. The van der Waals surface area contributed by atoms with Crippen LogP contribution < -0.4 is 31.7 Å². The Balaban J connectivity index is 1.16. The summed E-state index contributed by atoms with van der Waals surface area (Å²) in [6.07, 6.45) is 0.242. The van der Waals surface area contributed by atoms with Gasteiger partial charge in [-0.2, -0.15) is 0 Å². The number of carbonyl (C=O) groups is 7. The first-order chi connectivity index (χ1) is 34.2. The van der Waals surface area contributed by atoms with Gasteiger partial charge in [0.05, 0.1) is 39.3 Å². The van der Waals surface area contributed by atoms with E-state index in [1.54, 1.807) is 69.7 Å². The molecule has 0 saturated carbocycles. The summed E-state index contributed by atoms with van der Waals surface area (Å²) < 4.78 is 11.5. The van der Waals surface area contributed by atoms with E-state index < -0.39 is 83.0 Å². The number of primary amides is 1. The van der Waals surface area contributed by atoms with E-state index in [9.17, 15) is 38.7 Å². The highest BCUT2D eigenvalue weighted by Crippen LogP contribution is 2.32. The molecule has 18 nitrogen and oxygen atoms in total. The van der Waals surface area contributed by atoms with Crippen molar-refractivity contribution in [3.63, 3.8) is 0 Å². The number of nitrogens with one attached hydrogen (secondary N) is 4. The SMILES string of the molecule is Cc1ncsc1-c1ccc([C@H](C)NC(=O)[C@@H]2C[C@@H](O)CN2C(=O)[C@@H](NC(=O)CCCc2cccc(OC[C@H](CCC(N)=O)NC(=O)[C@@H]3CCCN3C(=O)[C@@H](NC(=O)OC(C)(C)C)C(C)C)c2Cl)C(C)(C)C)cc1. The van der Waals surface area contributed by atoms with E-state index in [0.717, 1.165) is 21.7 Å². The van der Waals surface area contributed by atoms with E-state index >= 15 is 0 Å². The van der Waals surface area contributed by atoms with E-state index in [1.807, 2.05) is 58.9 Å². The fraction of sp³-hybridized carbons (Fsp3) is 0.585. The number of alkyl carbamates (subject to hydrolysis) is 1. The predicted octanol–water partition coefficient (Wildman–Crippen LogP) is 6.13. The Morgan fingerprint density at radius 1 is 0.890 bits per heavy atom. The average Bonchev–Trinajstić information content (AvgIpc) is 4.08. The number of aliphatic hydroxyl groups excluding tert-OH is 1. The molecular formula is C53H75ClN8O10S. The molecule has 2 aromatic carbocycles. The molecule has 5 rings (SSSR count). The molecule has 2 fully saturated rings. The summed E-state index contributed by atoms with van der Waals surface area (Å²) in [5, 5.41) is 22.6. The molecule has 73 heavy (non-hydrogen) atoms. The Morgan fingerprint density at radius 3 is 2.19 bits per heavy atom. The van der Waals surface area contributed by atoms with E-state index in [4.69, 9.17) is 26.8 Å². The van der Waals surface area contributed by atoms with Crippen molar-refractivity contribution in [2.24, 2.45) is 17.1 Å². The number of hydrogen-bond donors (Lipinski definition) is 6. The first-order valence-corrected chi connectivity index (χ1v) is 26.4. The number of amides is 7. The zero-order valence-electron chi connectivity index (χ0n) is 43.8. The van der Waals surface area contributed by atoms with Crippen molar-refractivity contribution >= 4 is 64.5 Å². The summed E-state index contributed by atoms with van der Waals surface area (Å²) in [6, 6.07) is 8.31. The molecule has 7 atom stereocenters. The van der Waals surface area contributed by atoms with Gasteiger partial charge in [0, 0.05) is 32.4 Å². The van der Waals surface area contributed by atoms with Crippen molar-refractivity contribution in [2.75, 3.05) is 19.7 Å². The maximum atomic E-state index is 14.3. The number of aliphatic hydroxyl groups is 1. The molecule has 0 aliphatic carbocycles. The number of β-amino-alcohol motifs (C(OH)–C–C–N with tert-alkyl or cyclic N) is 1. The molecule has 3 aromatic rings. The number of aromatic nitrogens is 1. The molecule has 0 unspecified atom stereocenters. The van der Waals surface area contributed by atoms with Crippen LogP contribution in [0.3, 0.4) is 0 Å². The van der Waals surface area contributed by atoms with Gasteiger partial charge in [0.25, 0.3) is 0 Å². The summed E-state index contributed by atoms with van der Waals surface area (Å²) in [6.45, 7) is 18.2. The fourth-order valence-electron chi connectivity index (χ4n) is 8.98. The number of nitrogens with two attached hydrogens (primary N) is 1. The van der Waals surface area contributed by atoms with Crippen molar-refractivity contribution in [3.05, 3.63) is 69.8 Å². The molecule has 0 spiro atoms. The van der Waals surface area contributed by atoms with Crippen LogP contribution in [0.2, 0.25) is 5.02 Å². The summed E-state index contributed by atoms with van der Waals surface area (Å²) >= 11 is 8.41. The van der Waals surface area contributed by atoms with Gasteiger partial charge in [-0.3, -0.25) is 28.8 Å². The second-order valence-electron chi connectivity index (χ2n) is 21.5. The van der Waals surface area contributed by atoms with E-state index in [-0.39, 0.29) is 56.7 Å². The summed E-state index contributed by atoms with van der Waals surface area (Å²) in [4.78, 5) is 102. The van der Waals surface area contributed by atoms with Crippen LogP contribution in [0.15, 0.2) is 48.0 Å². The lowest BCUT2D eigenvalue weighted by Gasteiger charge is -2.35. The van der Waals surface area contributed by atoms with Crippen LogP contribution in [0.4, 0.5) is 4.79 Å². The Hall–Kier alpha value is -5.79. The first kappa shape index (κ1) is 58.1. The maximum absolute atomic E-state index is 14.3. The van der Waals surface area contributed by atoms with Gasteiger partial charge >= 0.3 is 6.09 Å². The number of rotatable bonds is 21. The van der Waals surface area contributed by atoms with Gasteiger partial charge in [0.15, 0.2) is 0 Å². The first-order valence-electron chi connectivity index (χ1n) is 25.1. The lowest BCUT2D eigenvalue weighted by molar-refractivity contribution is -0.144. The predicted molar refractivity (Wildman–Crippen MR) is 279 cm³/mol. The lowest BCUT2D eigenvalue weighted by Crippen LogP contribution is -2.57. The second kappa shape index (κ2) is 25.4. The number of halogens is 1. The fourth-order valence-corrected chi connectivity index (χ4v) is 10.1. The van der Waals surface area contributed by atoms with Crippen molar-refractivity contribution in [1.82, 2.24) is 36.1 Å². The minimum absolute atomic E-state index is 0.0452. The molecule has 7 amide bonds. The smallest absolute Gasteiger partial charge is 0.408 e. The van der Waals surface area contributed by atoms with Gasteiger partial charge in [-0.25, -0.2) is 9.78 Å². The molecule has 2 aliphatic rings. The highest BCUT2D eigenvalue weighted by molar-refractivity contribution is 7.13. The Kier molecular flexibility index (Phi) is 20.2. The second-order valence-corrected chi connectivity index (χ2v) is 22.8. The minimum Gasteiger partial charge on any atom is -0.490 e. The van der Waals surface area contributed by atoms with Gasteiger partial charge in [0.2, 0.25) is 35.4 Å². The topological polar surface area (TPSA) is 252 Å². The maximum Gasteiger partial charge on any atom is 0.408 e. The highest BCUT2D eigenvalue weighted by atomic mass is 35.5. The molecule has 2 saturated heterocycles. The number of aryl methyl sites for hydroxylation is 2. The van der Waals surface area contributed by atoms with Crippen molar-refractivity contribution in [3.8, 4) is 16.2 Å². The zero-order valence-corrected chi connectivity index (χ0v) is 45.4. The molecule has 3 heterocycles. The Morgan fingerprint density at radius 2 is 1.58 bits per heavy atom. The van der Waals surface area contributed by atoms with Gasteiger partial charge < -0.3 is 51.4 Å². The third-order valence-electron chi connectivity index (χ3n) is 12.9. The average molecular weight is 1050 g/mol. The quantitative estimate of drug-likeness (QED) is 0.0708. The molecule has 400 valence electrons. The van der Waals surface area contributed by atoms with Crippen LogP contribution in [0.1, 0.15) is 130 Å².